The van der Waals surface area contributed by atoms with Gasteiger partial charge in [0.25, 0.3) is 0 Å². The molecule has 6 heteroatoms. The molecule has 0 aliphatic heterocycles. The first-order valence-corrected chi connectivity index (χ1v) is 25.3. The van der Waals surface area contributed by atoms with E-state index < -0.39 is 12.1 Å². The van der Waals surface area contributed by atoms with Gasteiger partial charge in [0.1, 0.15) is 13.2 Å². The molecule has 0 saturated heterocycles. The normalized spacial score (nSPS) is 12.9. The Balaban J connectivity index is 4.56. The minimum atomic E-state index is -0.840. The van der Waals surface area contributed by atoms with Crippen LogP contribution < -0.4 is 0 Å². The minimum absolute atomic E-state index is 0.131. The van der Waals surface area contributed by atoms with Gasteiger partial charge in [0.2, 0.25) is 0 Å². The third-order valence-corrected chi connectivity index (χ3v) is 10.4. The Kier molecular flexibility index (Phi) is 47.0. The second-order valence-corrected chi connectivity index (χ2v) is 16.5. The number of esters is 3. The molecule has 0 saturated carbocycles. The van der Waals surface area contributed by atoms with E-state index in [1.807, 2.05) is 12.2 Å². The maximum absolute atomic E-state index is 12.7. The van der Waals surface area contributed by atoms with Crippen molar-refractivity contribution in [2.24, 2.45) is 0 Å². The van der Waals surface area contributed by atoms with Gasteiger partial charge in [-0.15, -0.1) is 0 Å². The van der Waals surface area contributed by atoms with Gasteiger partial charge < -0.3 is 14.2 Å². The van der Waals surface area contributed by atoms with Crippen molar-refractivity contribution >= 4 is 17.9 Å². The van der Waals surface area contributed by atoms with Crippen molar-refractivity contribution in [3.63, 3.8) is 0 Å². The zero-order valence-corrected chi connectivity index (χ0v) is 40.1. The maximum Gasteiger partial charge on any atom is 0.306 e. The fourth-order valence-electron chi connectivity index (χ4n) is 6.56. The Morgan fingerprint density at radius 2 is 0.677 bits per heavy atom. The van der Waals surface area contributed by atoms with Crippen molar-refractivity contribution in [2.75, 3.05) is 13.2 Å². The summed E-state index contributed by atoms with van der Waals surface area (Å²) in [5, 5.41) is 0. The zero-order chi connectivity index (χ0) is 45.1. The molecule has 0 bridgehead atoms. The Morgan fingerprint density at radius 1 is 0.339 bits per heavy atom. The molecule has 1 unspecified atom stereocenters. The first kappa shape index (κ1) is 58.3. The van der Waals surface area contributed by atoms with E-state index in [9.17, 15) is 14.4 Å². The summed E-state index contributed by atoms with van der Waals surface area (Å²) >= 11 is 0. The molecule has 0 aliphatic carbocycles. The molecule has 0 spiro atoms. The van der Waals surface area contributed by atoms with Crippen LogP contribution in [0.15, 0.2) is 97.2 Å². The average molecular weight is 861 g/mol. The third kappa shape index (κ3) is 47.4. The summed E-state index contributed by atoms with van der Waals surface area (Å²) in [4.78, 5) is 37.8. The Hall–Kier alpha value is -3.67. The van der Waals surface area contributed by atoms with Crippen LogP contribution in [0, 0.1) is 0 Å². The highest BCUT2D eigenvalue weighted by Gasteiger charge is 2.19. The van der Waals surface area contributed by atoms with Crippen molar-refractivity contribution < 1.29 is 28.6 Å². The Morgan fingerprint density at radius 3 is 1.16 bits per heavy atom. The molecular weight excluding hydrogens is 769 g/mol. The summed E-state index contributed by atoms with van der Waals surface area (Å²) in [5.74, 6) is -1.10. The molecule has 0 aliphatic rings. The van der Waals surface area contributed by atoms with Crippen LogP contribution in [-0.2, 0) is 28.6 Å². The van der Waals surface area contributed by atoms with E-state index in [0.29, 0.717) is 19.3 Å². The lowest BCUT2D eigenvalue weighted by Crippen LogP contribution is -2.30. The Labute approximate surface area is 381 Å². The van der Waals surface area contributed by atoms with Gasteiger partial charge in [0.05, 0.1) is 0 Å². The smallest absolute Gasteiger partial charge is 0.306 e. The largest absolute Gasteiger partial charge is 0.462 e. The first-order valence-electron chi connectivity index (χ1n) is 25.3. The van der Waals surface area contributed by atoms with Gasteiger partial charge in [0.15, 0.2) is 6.10 Å². The molecule has 0 amide bonds. The van der Waals surface area contributed by atoms with Crippen LogP contribution in [0.25, 0.3) is 0 Å². The van der Waals surface area contributed by atoms with E-state index in [0.717, 1.165) is 70.6 Å². The Bertz CT molecular complexity index is 1260. The van der Waals surface area contributed by atoms with Gasteiger partial charge in [-0.2, -0.15) is 0 Å². The number of ether oxygens (including phenoxy) is 3. The summed E-state index contributed by atoms with van der Waals surface area (Å²) in [6, 6.07) is 0. The topological polar surface area (TPSA) is 78.9 Å². The zero-order valence-electron chi connectivity index (χ0n) is 40.1. The van der Waals surface area contributed by atoms with Crippen LogP contribution in [-0.4, -0.2) is 37.2 Å². The molecular formula is C56H92O6. The molecule has 62 heavy (non-hydrogen) atoms. The van der Waals surface area contributed by atoms with Gasteiger partial charge >= 0.3 is 17.9 Å². The van der Waals surface area contributed by atoms with E-state index in [1.165, 1.54) is 96.3 Å². The SMILES string of the molecule is CCCCC\C=C/C=C\C=C/C=C\CCCCCCCC(=O)OCC(COC(=O)CC/C=C\C/C=C\CCCCCCCC)OC(=O)CC/C=C\C/C=C\CCCCCCCC. The quantitative estimate of drug-likeness (QED) is 0.0200. The highest BCUT2D eigenvalue weighted by atomic mass is 16.6. The fourth-order valence-corrected chi connectivity index (χ4v) is 6.56. The standard InChI is InChI=1S/C56H92O6/c1-4-7-10-13-16-19-22-25-26-27-28-29-32-34-37-40-43-46-49-55(58)61-52-53(62-56(59)50-47-44-41-38-35-31-24-21-18-15-12-9-6-3)51-60-54(57)48-45-42-39-36-33-30-23-20-17-14-11-8-5-2/h16,19,22,25-31,33,35,39,41-42,44,53H,4-15,17-18,20-21,23-24,32,34,36-38,40,43,45-52H2,1-3H3/b19-16-,25-22-,27-26-,29-28-,33-30-,35-31-,42-39-,44-41-. The summed E-state index contributed by atoms with van der Waals surface area (Å²) in [5.41, 5.74) is 0. The van der Waals surface area contributed by atoms with Gasteiger partial charge in [-0.25, -0.2) is 0 Å². The molecule has 0 aromatic carbocycles. The molecule has 6 nitrogen and oxygen atoms in total. The van der Waals surface area contributed by atoms with Gasteiger partial charge in [-0.1, -0.05) is 214 Å². The van der Waals surface area contributed by atoms with Crippen molar-refractivity contribution in [3.05, 3.63) is 97.2 Å². The highest BCUT2D eigenvalue weighted by molar-refractivity contribution is 5.71. The lowest BCUT2D eigenvalue weighted by atomic mass is 10.1. The van der Waals surface area contributed by atoms with E-state index in [1.54, 1.807) is 0 Å². The highest BCUT2D eigenvalue weighted by Crippen LogP contribution is 2.12. The van der Waals surface area contributed by atoms with Crippen LogP contribution in [0.1, 0.15) is 220 Å². The second kappa shape index (κ2) is 50.0. The number of carbonyl (C=O) groups is 3. The molecule has 352 valence electrons. The predicted octanol–water partition coefficient (Wildman–Crippen LogP) is 16.6. The molecule has 0 fully saturated rings. The molecule has 0 aromatic heterocycles. The number of unbranched alkanes of at least 4 members (excludes halogenated alkanes) is 20. The van der Waals surface area contributed by atoms with Gasteiger partial charge in [-0.3, -0.25) is 14.4 Å². The maximum atomic E-state index is 12.7. The lowest BCUT2D eigenvalue weighted by Gasteiger charge is -2.18. The molecule has 0 rings (SSSR count). The molecule has 1 atom stereocenters. The predicted molar refractivity (Wildman–Crippen MR) is 265 cm³/mol. The number of allylic oxidation sites excluding steroid dienone is 16. The van der Waals surface area contributed by atoms with E-state index in [2.05, 4.69) is 106 Å². The molecule has 0 radical (unpaired) electrons. The molecule has 0 aromatic rings. The molecule has 0 N–H and O–H groups in total. The number of rotatable bonds is 44. The van der Waals surface area contributed by atoms with Gasteiger partial charge in [0, 0.05) is 19.3 Å². The summed E-state index contributed by atoms with van der Waals surface area (Å²) in [7, 11) is 0. The van der Waals surface area contributed by atoms with Crippen LogP contribution in [0.4, 0.5) is 0 Å². The van der Waals surface area contributed by atoms with Crippen LogP contribution in [0.2, 0.25) is 0 Å². The number of hydrogen-bond acceptors (Lipinski definition) is 6. The van der Waals surface area contributed by atoms with Crippen LogP contribution >= 0.6 is 0 Å². The van der Waals surface area contributed by atoms with Crippen molar-refractivity contribution in [1.29, 1.82) is 0 Å². The van der Waals surface area contributed by atoms with E-state index in [-0.39, 0.29) is 38.0 Å². The van der Waals surface area contributed by atoms with Crippen LogP contribution in [0.5, 0.6) is 0 Å². The van der Waals surface area contributed by atoms with Crippen molar-refractivity contribution in [3.8, 4) is 0 Å². The number of carbonyl (C=O) groups excluding carboxylic acids is 3. The second-order valence-electron chi connectivity index (χ2n) is 16.5. The lowest BCUT2D eigenvalue weighted by molar-refractivity contribution is -0.166. The van der Waals surface area contributed by atoms with E-state index in [4.69, 9.17) is 14.2 Å². The van der Waals surface area contributed by atoms with Crippen molar-refractivity contribution in [2.45, 2.75) is 226 Å². The monoisotopic (exact) mass is 861 g/mol. The number of hydrogen-bond donors (Lipinski definition) is 0. The minimum Gasteiger partial charge on any atom is -0.462 e. The third-order valence-electron chi connectivity index (χ3n) is 10.4. The summed E-state index contributed by atoms with van der Waals surface area (Å²) < 4.78 is 16.6. The summed E-state index contributed by atoms with van der Waals surface area (Å²) in [6.07, 6.45) is 65.5. The average Bonchev–Trinajstić information content (AvgIpc) is 3.27. The summed E-state index contributed by atoms with van der Waals surface area (Å²) in [6.45, 7) is 6.44. The van der Waals surface area contributed by atoms with E-state index >= 15 is 0 Å². The molecule has 0 heterocycles. The first-order chi connectivity index (χ1) is 30.5. The van der Waals surface area contributed by atoms with Gasteiger partial charge in [-0.05, 0) is 83.5 Å². The van der Waals surface area contributed by atoms with Crippen molar-refractivity contribution in [1.82, 2.24) is 0 Å². The van der Waals surface area contributed by atoms with Crippen LogP contribution in [0.3, 0.4) is 0 Å². The fraction of sp³-hybridized carbons (Fsp3) is 0.661.